The third-order valence-electron chi connectivity index (χ3n) is 14.5. The summed E-state index contributed by atoms with van der Waals surface area (Å²) in [5, 5.41) is 12.8. The van der Waals surface area contributed by atoms with Crippen molar-refractivity contribution in [3.8, 4) is 67.3 Å². The fourth-order valence-corrected chi connectivity index (χ4v) is 9.40. The largest absolute Gasteiger partial charge is 0.507 e. The van der Waals surface area contributed by atoms with Gasteiger partial charge < -0.3 is 5.11 Å². The van der Waals surface area contributed by atoms with Crippen LogP contribution in [-0.2, 0) is 37.9 Å². The molecule has 71 heavy (non-hydrogen) atoms. The topological polar surface area (TPSA) is 24.1 Å². The van der Waals surface area contributed by atoms with Gasteiger partial charge in [-0.1, -0.05) is 230 Å². The van der Waals surface area contributed by atoms with E-state index < -0.39 is 0 Å². The van der Waals surface area contributed by atoms with Crippen LogP contribution in [0.25, 0.3) is 61.6 Å². The molecule has 2 heteroatoms. The summed E-state index contributed by atoms with van der Waals surface area (Å²) in [6.07, 6.45) is 0. The van der Waals surface area contributed by atoms with Gasteiger partial charge in [-0.25, -0.2) is 0 Å². The van der Waals surface area contributed by atoms with E-state index in [1.807, 2.05) is 0 Å². The van der Waals surface area contributed by atoms with Gasteiger partial charge in [-0.2, -0.15) is 4.57 Å². The molecule has 0 aliphatic carbocycles. The summed E-state index contributed by atoms with van der Waals surface area (Å²) in [4.78, 5) is 0. The molecule has 1 heterocycles. The fourth-order valence-electron chi connectivity index (χ4n) is 9.40. The number of hydrogen-bond donors (Lipinski definition) is 1. The lowest BCUT2D eigenvalue weighted by Gasteiger charge is -2.27. The summed E-state index contributed by atoms with van der Waals surface area (Å²) in [7, 11) is 0. The van der Waals surface area contributed by atoms with Gasteiger partial charge in [0.05, 0.1) is 0 Å². The number of phenolic OH excluding ortho intramolecular Hbond substituents is 1. The van der Waals surface area contributed by atoms with E-state index in [1.165, 1.54) is 44.5 Å². The van der Waals surface area contributed by atoms with Crippen LogP contribution in [0.2, 0.25) is 0 Å². The Kier molecular flexibility index (Phi) is 13.8. The van der Waals surface area contributed by atoms with Gasteiger partial charge in [0.15, 0.2) is 0 Å². The molecule has 372 valence electrons. The first kappa shape index (κ1) is 53.1. The highest BCUT2D eigenvalue weighted by atomic mass is 16.3. The molecular weight excluding hydrogens is 859 g/mol. The quantitative estimate of drug-likeness (QED) is 0.165. The minimum atomic E-state index is -0.107. The summed E-state index contributed by atoms with van der Waals surface area (Å²) >= 11 is 0. The standard InChI is InChI=1S/C69H85NO/c1-63(2,3)50-28-22-44(23-29-50)47-38-60(48-34-53(66(10,11)12)40-54(35-48)67(13,14)15)70(61(39-47)49-36-55(68(16,17)18)41-56(37-49)69(19,20)21)57-42-58(45-24-30-51(31-25-45)64(4,5)6)62(71)59(43-57)46-26-32-52(33-27-46)65(7,8)9/h22-43H,1-21H3/p+1. The number of benzene rings is 6. The van der Waals surface area contributed by atoms with Crippen molar-refractivity contribution >= 4 is 0 Å². The summed E-state index contributed by atoms with van der Waals surface area (Å²) < 4.78 is 2.51. The molecule has 0 amide bonds. The first-order valence-electron chi connectivity index (χ1n) is 26.1. The van der Waals surface area contributed by atoms with Crippen LogP contribution < -0.4 is 4.57 Å². The Labute approximate surface area is 430 Å². The monoisotopic (exact) mass is 945 g/mol. The third-order valence-corrected chi connectivity index (χ3v) is 14.5. The van der Waals surface area contributed by atoms with Crippen molar-refractivity contribution in [3.05, 3.63) is 172 Å². The molecule has 0 aliphatic heterocycles. The lowest BCUT2D eigenvalue weighted by Crippen LogP contribution is -2.37. The molecule has 0 saturated heterocycles. The van der Waals surface area contributed by atoms with E-state index in [2.05, 4.69) is 283 Å². The fraction of sp³-hybridized carbons (Fsp3) is 0.406. The van der Waals surface area contributed by atoms with Crippen molar-refractivity contribution in [1.29, 1.82) is 0 Å². The molecule has 0 unspecified atom stereocenters. The number of aromatic nitrogens is 1. The highest BCUT2D eigenvalue weighted by Gasteiger charge is 2.32. The minimum absolute atomic E-state index is 0.0160. The number of hydrogen-bond acceptors (Lipinski definition) is 1. The maximum absolute atomic E-state index is 12.8. The lowest BCUT2D eigenvalue weighted by molar-refractivity contribution is -0.572. The van der Waals surface area contributed by atoms with Gasteiger partial charge in [0.2, 0.25) is 17.1 Å². The van der Waals surface area contributed by atoms with Gasteiger partial charge in [0, 0.05) is 46.5 Å². The molecule has 0 radical (unpaired) electrons. The summed E-state index contributed by atoms with van der Waals surface area (Å²) in [5.41, 5.74) is 19.9. The molecule has 1 N–H and O–H groups in total. The number of pyridine rings is 1. The van der Waals surface area contributed by atoms with Crippen LogP contribution >= 0.6 is 0 Å². The molecule has 1 aromatic heterocycles. The van der Waals surface area contributed by atoms with Gasteiger partial charge in [0.1, 0.15) is 5.75 Å². The van der Waals surface area contributed by atoms with Crippen molar-refractivity contribution in [2.24, 2.45) is 0 Å². The van der Waals surface area contributed by atoms with E-state index in [1.54, 1.807) is 0 Å². The van der Waals surface area contributed by atoms with E-state index in [4.69, 9.17) is 0 Å². The minimum Gasteiger partial charge on any atom is -0.507 e. The molecule has 0 saturated carbocycles. The number of rotatable bonds is 6. The molecular formula is C69H86NO+. The molecule has 0 fully saturated rings. The maximum Gasteiger partial charge on any atom is 0.219 e. The van der Waals surface area contributed by atoms with Gasteiger partial charge in [0.25, 0.3) is 0 Å². The molecule has 2 nitrogen and oxygen atoms in total. The number of nitrogens with zero attached hydrogens (tertiary/aromatic N) is 1. The first-order chi connectivity index (χ1) is 32.5. The van der Waals surface area contributed by atoms with Crippen LogP contribution in [0.5, 0.6) is 5.75 Å². The Morgan fingerprint density at radius 3 is 0.761 bits per heavy atom. The van der Waals surface area contributed by atoms with Crippen LogP contribution in [0.4, 0.5) is 0 Å². The maximum atomic E-state index is 12.8. The highest BCUT2D eigenvalue weighted by Crippen LogP contribution is 2.44. The van der Waals surface area contributed by atoms with E-state index >= 15 is 0 Å². The van der Waals surface area contributed by atoms with Crippen LogP contribution in [-0.4, -0.2) is 5.11 Å². The van der Waals surface area contributed by atoms with E-state index in [0.29, 0.717) is 0 Å². The predicted molar refractivity (Wildman–Crippen MR) is 308 cm³/mol. The Hall–Kier alpha value is -5.73. The molecule has 7 aromatic rings. The molecule has 0 spiro atoms. The van der Waals surface area contributed by atoms with Crippen molar-refractivity contribution in [3.63, 3.8) is 0 Å². The van der Waals surface area contributed by atoms with Gasteiger partial charge in [-0.3, -0.25) is 0 Å². The summed E-state index contributed by atoms with van der Waals surface area (Å²) in [6, 6.07) is 50.8. The molecule has 0 atom stereocenters. The van der Waals surface area contributed by atoms with E-state index in [-0.39, 0.29) is 43.7 Å². The smallest absolute Gasteiger partial charge is 0.219 e. The van der Waals surface area contributed by atoms with E-state index in [0.717, 1.165) is 56.0 Å². The highest BCUT2D eigenvalue weighted by molar-refractivity contribution is 5.85. The van der Waals surface area contributed by atoms with Crippen LogP contribution in [0.1, 0.15) is 184 Å². The summed E-state index contributed by atoms with van der Waals surface area (Å²) in [6.45, 7) is 48.3. The van der Waals surface area contributed by atoms with Gasteiger partial charge in [-0.05, 0) is 123 Å². The van der Waals surface area contributed by atoms with Crippen molar-refractivity contribution in [2.75, 3.05) is 0 Å². The second kappa shape index (κ2) is 18.4. The summed E-state index contributed by atoms with van der Waals surface area (Å²) in [5.74, 6) is 0.273. The van der Waals surface area contributed by atoms with Crippen LogP contribution in [0, 0.1) is 0 Å². The van der Waals surface area contributed by atoms with Crippen LogP contribution in [0.3, 0.4) is 0 Å². The average Bonchev–Trinajstić information content (AvgIpc) is 3.26. The van der Waals surface area contributed by atoms with Crippen molar-refractivity contribution in [2.45, 2.75) is 183 Å². The Bertz CT molecular complexity index is 2810. The normalized spacial score (nSPS) is 13.2. The second-order valence-corrected chi connectivity index (χ2v) is 27.8. The lowest BCUT2D eigenvalue weighted by atomic mass is 9.78. The SMILES string of the molecule is CC(C)(C)c1ccc(-c2cc(-c3cc(C(C)(C)C)cc(C(C)(C)C)c3)[n+](-c3cc(-c4ccc(C(C)(C)C)cc4)c(O)c(-c4ccc(C(C)(C)C)cc4)c3)c(-c3cc(C(C)(C)C)cc(C(C)(C)C)c3)c2)cc1. The molecule has 0 bridgehead atoms. The third kappa shape index (κ3) is 11.6. The average molecular weight is 945 g/mol. The number of aromatic hydroxyl groups is 1. The van der Waals surface area contributed by atoms with Crippen molar-refractivity contribution < 1.29 is 9.67 Å². The Balaban J connectivity index is 1.73. The van der Waals surface area contributed by atoms with Crippen molar-refractivity contribution in [1.82, 2.24) is 0 Å². The second-order valence-electron chi connectivity index (χ2n) is 27.8. The molecule has 7 rings (SSSR count). The van der Waals surface area contributed by atoms with Gasteiger partial charge >= 0.3 is 0 Å². The zero-order chi connectivity index (χ0) is 52.6. The zero-order valence-electron chi connectivity index (χ0n) is 47.6. The van der Waals surface area contributed by atoms with Crippen LogP contribution in [0.15, 0.2) is 133 Å². The predicted octanol–water partition coefficient (Wildman–Crippen LogP) is 19.1. The Morgan fingerprint density at radius 1 is 0.254 bits per heavy atom. The first-order valence-corrected chi connectivity index (χ1v) is 26.1. The van der Waals surface area contributed by atoms with E-state index in [9.17, 15) is 5.11 Å². The molecule has 0 aliphatic rings. The Morgan fingerprint density at radius 2 is 0.507 bits per heavy atom. The zero-order valence-corrected chi connectivity index (χ0v) is 47.6. The van der Waals surface area contributed by atoms with Gasteiger partial charge in [-0.15, -0.1) is 0 Å². The molecule has 6 aromatic carbocycles. The number of phenols is 1.